The summed E-state index contributed by atoms with van der Waals surface area (Å²) in [5.74, 6) is -0.586. The van der Waals surface area contributed by atoms with Gasteiger partial charge in [0.2, 0.25) is 5.91 Å². The molecule has 1 aromatic rings. The average molecular weight is 320 g/mol. The second kappa shape index (κ2) is 7.35. The number of hydrogen-bond acceptors (Lipinski definition) is 4. The molecule has 1 aliphatic heterocycles. The highest BCUT2D eigenvalue weighted by Gasteiger charge is 2.31. The van der Waals surface area contributed by atoms with Crippen molar-refractivity contribution in [2.24, 2.45) is 5.92 Å². The lowest BCUT2D eigenvalue weighted by Crippen LogP contribution is -2.34. The van der Waals surface area contributed by atoms with Crippen molar-refractivity contribution in [3.63, 3.8) is 0 Å². The van der Waals surface area contributed by atoms with E-state index in [1.807, 2.05) is 38.1 Å². The maximum Gasteiger partial charge on any atom is 0.309 e. The van der Waals surface area contributed by atoms with Crippen molar-refractivity contribution in [2.45, 2.75) is 39.2 Å². The van der Waals surface area contributed by atoms with Crippen LogP contribution in [0.15, 0.2) is 24.3 Å². The summed E-state index contributed by atoms with van der Waals surface area (Å²) in [6.45, 7) is 3.86. The molecule has 0 saturated carbocycles. The van der Waals surface area contributed by atoms with Gasteiger partial charge < -0.3 is 15.4 Å². The van der Waals surface area contributed by atoms with Crippen LogP contribution in [0.4, 0.5) is 5.69 Å². The third-order valence-corrected chi connectivity index (χ3v) is 3.75. The number of nitrogens with one attached hydrogen (secondary N) is 2. The summed E-state index contributed by atoms with van der Waals surface area (Å²) in [5, 5.41) is 5.83. The van der Waals surface area contributed by atoms with Crippen LogP contribution in [0.1, 0.15) is 31.7 Å². The van der Waals surface area contributed by atoms with Crippen molar-refractivity contribution in [3.05, 3.63) is 29.8 Å². The molecule has 0 bridgehead atoms. The number of anilines is 1. The molecule has 22 heavy (non-hydrogen) atoms. The summed E-state index contributed by atoms with van der Waals surface area (Å²) < 4.78 is 5.07. The minimum Gasteiger partial charge on any atom is -0.462 e. The zero-order valence-corrected chi connectivity index (χ0v) is 13.5. The highest BCUT2D eigenvalue weighted by atomic mass is 32.1. The minimum atomic E-state index is -0.208. The third-order valence-electron chi connectivity index (χ3n) is 3.55. The maximum absolute atomic E-state index is 11.9. The second-order valence-electron chi connectivity index (χ2n) is 5.59. The number of carbonyl (C=O) groups excluding carboxylic acids is 2. The lowest BCUT2D eigenvalue weighted by molar-refractivity contribution is -0.143. The van der Waals surface area contributed by atoms with E-state index < -0.39 is 0 Å². The van der Waals surface area contributed by atoms with Gasteiger partial charge in [-0.2, -0.15) is 0 Å². The number of thiocarbonyl (C=S) groups is 1. The van der Waals surface area contributed by atoms with Crippen molar-refractivity contribution in [2.75, 3.05) is 5.32 Å². The van der Waals surface area contributed by atoms with Gasteiger partial charge in [-0.3, -0.25) is 9.59 Å². The van der Waals surface area contributed by atoms with Crippen LogP contribution in [0.3, 0.4) is 0 Å². The number of carbonyl (C=O) groups is 2. The van der Waals surface area contributed by atoms with Crippen molar-refractivity contribution in [1.29, 1.82) is 0 Å². The molecule has 1 amide bonds. The maximum atomic E-state index is 11.9. The second-order valence-corrected chi connectivity index (χ2v) is 6.00. The van der Waals surface area contributed by atoms with Crippen LogP contribution >= 0.6 is 12.2 Å². The first-order valence-corrected chi connectivity index (χ1v) is 7.73. The van der Waals surface area contributed by atoms with Crippen LogP contribution in [0.2, 0.25) is 0 Å². The summed E-state index contributed by atoms with van der Waals surface area (Å²) in [7, 11) is 0. The Balaban J connectivity index is 1.73. The molecule has 0 radical (unpaired) electrons. The fourth-order valence-corrected chi connectivity index (χ4v) is 2.60. The fourth-order valence-electron chi connectivity index (χ4n) is 2.37. The molecule has 5 nitrogen and oxygen atoms in total. The van der Waals surface area contributed by atoms with Crippen molar-refractivity contribution < 1.29 is 14.3 Å². The molecule has 0 unspecified atom stereocenters. The SMILES string of the molecule is Cc1ccc(NC(=S)NC(=O)CC[C@@H]2C[C@H](C)OC2=O)cc1. The van der Waals surface area contributed by atoms with Crippen LogP contribution in [0, 0.1) is 12.8 Å². The number of amides is 1. The van der Waals surface area contributed by atoms with E-state index in [1.165, 1.54) is 0 Å². The summed E-state index contributed by atoms with van der Waals surface area (Å²) in [5.41, 5.74) is 1.97. The minimum absolute atomic E-state index is 0.0511. The Morgan fingerprint density at radius 1 is 1.36 bits per heavy atom. The summed E-state index contributed by atoms with van der Waals surface area (Å²) in [6, 6.07) is 7.70. The normalized spacial score (nSPS) is 20.4. The van der Waals surface area contributed by atoms with Crippen LogP contribution < -0.4 is 10.6 Å². The van der Waals surface area contributed by atoms with Gasteiger partial charge in [0, 0.05) is 12.1 Å². The average Bonchev–Trinajstić information content (AvgIpc) is 2.77. The van der Waals surface area contributed by atoms with E-state index in [9.17, 15) is 9.59 Å². The van der Waals surface area contributed by atoms with E-state index in [0.29, 0.717) is 12.8 Å². The number of ether oxygens (including phenoxy) is 1. The van der Waals surface area contributed by atoms with E-state index in [2.05, 4.69) is 10.6 Å². The molecule has 118 valence electrons. The molecule has 0 spiro atoms. The van der Waals surface area contributed by atoms with Crippen molar-refractivity contribution in [1.82, 2.24) is 5.32 Å². The van der Waals surface area contributed by atoms with Gasteiger partial charge in [0.05, 0.1) is 12.0 Å². The molecule has 2 atom stereocenters. The van der Waals surface area contributed by atoms with Gasteiger partial charge in [-0.15, -0.1) is 0 Å². The topological polar surface area (TPSA) is 67.4 Å². The highest BCUT2D eigenvalue weighted by Crippen LogP contribution is 2.24. The Kier molecular flexibility index (Phi) is 5.49. The van der Waals surface area contributed by atoms with Gasteiger partial charge in [-0.25, -0.2) is 0 Å². The monoisotopic (exact) mass is 320 g/mol. The quantitative estimate of drug-likeness (QED) is 0.659. The van der Waals surface area contributed by atoms with Crippen LogP contribution in [-0.2, 0) is 14.3 Å². The Bertz CT molecular complexity index is 571. The lowest BCUT2D eigenvalue weighted by atomic mass is 9.99. The van der Waals surface area contributed by atoms with Gasteiger partial charge in [-0.1, -0.05) is 17.7 Å². The molecular formula is C16H20N2O3S. The zero-order valence-electron chi connectivity index (χ0n) is 12.7. The predicted octanol–water partition coefficient (Wildman–Crippen LogP) is 2.54. The number of benzene rings is 1. The number of esters is 1. The first-order valence-electron chi connectivity index (χ1n) is 7.32. The Labute approximate surface area is 135 Å². The van der Waals surface area contributed by atoms with E-state index in [4.69, 9.17) is 17.0 Å². The van der Waals surface area contributed by atoms with Gasteiger partial charge in [0.15, 0.2) is 5.11 Å². The van der Waals surface area contributed by atoms with Crippen molar-refractivity contribution >= 4 is 34.9 Å². The van der Waals surface area contributed by atoms with Crippen molar-refractivity contribution in [3.8, 4) is 0 Å². The standard InChI is InChI=1S/C16H20N2O3S/c1-10-3-6-13(7-4-10)17-16(22)18-14(19)8-5-12-9-11(2)21-15(12)20/h3-4,6-7,11-12H,5,8-9H2,1-2H3,(H2,17,18,19,22)/t11-,12+/m0/s1. The molecule has 1 saturated heterocycles. The van der Waals surface area contributed by atoms with Gasteiger partial charge >= 0.3 is 5.97 Å². The van der Waals surface area contributed by atoms with Crippen LogP contribution in [0.25, 0.3) is 0 Å². The number of hydrogen-bond donors (Lipinski definition) is 2. The van der Waals surface area contributed by atoms with E-state index in [-0.39, 0.29) is 35.4 Å². The first kappa shape index (κ1) is 16.4. The number of cyclic esters (lactones) is 1. The molecular weight excluding hydrogens is 300 g/mol. The first-order chi connectivity index (χ1) is 10.4. The summed E-state index contributed by atoms with van der Waals surface area (Å²) in [6.07, 6.45) is 1.37. The third kappa shape index (κ3) is 4.80. The molecule has 2 N–H and O–H groups in total. The molecule has 0 aromatic heterocycles. The van der Waals surface area contributed by atoms with Crippen LogP contribution in [-0.4, -0.2) is 23.1 Å². The fraction of sp³-hybridized carbons (Fsp3) is 0.438. The summed E-state index contributed by atoms with van der Waals surface area (Å²) >= 11 is 5.10. The molecule has 0 aliphatic carbocycles. The van der Waals surface area contributed by atoms with E-state index >= 15 is 0 Å². The van der Waals surface area contributed by atoms with Gasteiger partial charge in [0.1, 0.15) is 0 Å². The molecule has 1 aliphatic rings. The Hall–Kier alpha value is -1.95. The van der Waals surface area contributed by atoms with Gasteiger partial charge in [-0.05, 0) is 51.0 Å². The molecule has 1 heterocycles. The molecule has 2 rings (SSSR count). The molecule has 1 aromatic carbocycles. The molecule has 1 fully saturated rings. The zero-order chi connectivity index (χ0) is 16.1. The van der Waals surface area contributed by atoms with Crippen LogP contribution in [0.5, 0.6) is 0 Å². The Morgan fingerprint density at radius 3 is 2.64 bits per heavy atom. The largest absolute Gasteiger partial charge is 0.462 e. The predicted molar refractivity (Wildman–Crippen MR) is 88.4 cm³/mol. The van der Waals surface area contributed by atoms with Gasteiger partial charge in [0.25, 0.3) is 0 Å². The van der Waals surface area contributed by atoms with E-state index in [1.54, 1.807) is 0 Å². The Morgan fingerprint density at radius 2 is 2.05 bits per heavy atom. The summed E-state index contributed by atoms with van der Waals surface area (Å²) in [4.78, 5) is 23.3. The molecule has 6 heteroatoms. The number of aryl methyl sites for hydroxylation is 1. The smallest absolute Gasteiger partial charge is 0.309 e. The van der Waals surface area contributed by atoms with E-state index in [0.717, 1.165) is 11.3 Å². The number of rotatable bonds is 4. The lowest BCUT2D eigenvalue weighted by Gasteiger charge is -2.10. The highest BCUT2D eigenvalue weighted by molar-refractivity contribution is 7.80.